The minimum absolute atomic E-state index is 1.09. The van der Waals surface area contributed by atoms with Gasteiger partial charge in [-0.15, -0.1) is 0 Å². The van der Waals surface area contributed by atoms with Crippen LogP contribution in [0.15, 0.2) is 595 Å². The van der Waals surface area contributed by atoms with E-state index in [1.54, 1.807) is 0 Å². The molecule has 0 amide bonds. The molecule has 0 N–H and O–H groups in total. The van der Waals surface area contributed by atoms with Crippen molar-refractivity contribution in [2.24, 2.45) is 0 Å². The third-order valence-electron chi connectivity index (χ3n) is 28.4. The fourth-order valence-corrected chi connectivity index (χ4v) is 21.0. The van der Waals surface area contributed by atoms with Gasteiger partial charge >= 0.3 is 0 Å². The Morgan fingerprint density at radius 3 is 0.527 bits per heavy atom. The van der Waals surface area contributed by atoms with Gasteiger partial charge in [0.25, 0.3) is 0 Å². The molecule has 2 heterocycles. The largest absolute Gasteiger partial charge is 0.311 e. The monoisotopic (exact) mass is 1860 g/mol. The average molecular weight is 1860 g/mol. The van der Waals surface area contributed by atoms with E-state index in [0.717, 1.165) is 68.2 Å². The summed E-state index contributed by atoms with van der Waals surface area (Å²) < 4.78 is 4.73. The molecular weight excluding hydrogens is 1770 g/mol. The molecule has 0 fully saturated rings. The minimum atomic E-state index is 1.09. The topological polar surface area (TPSA) is 22.8 Å². The first-order valence-corrected chi connectivity index (χ1v) is 50.0. The van der Waals surface area contributed by atoms with Gasteiger partial charge in [-0.1, -0.05) is 388 Å². The lowest BCUT2D eigenvalue weighted by atomic mass is 9.98. The lowest BCUT2D eigenvalue weighted by Gasteiger charge is -2.26. The van der Waals surface area contributed by atoms with Crippen LogP contribution in [0.1, 0.15) is 0 Å². The standard InChI is InChI=1S/C70H47N3.C70H51N3/c1-3-15-58(16-4-1)72-67-21-11-9-19-63(67)65-46-56(36-43-69(65)72)53-27-23-49(24-28-53)51-31-38-60(39-32-51)71(62-42-35-48-13-7-8-14-55(48)45-62)61-40-33-52(34-41-61)50-25-29-54(30-26-50)57-37-44-70-66(47-57)64-20-10-12-22-68(64)73(70)59-17-5-2-6-18-59;1-5-17-62(18-6-1)71(63-19-7-2-8-20-63)66-42-33-57(34-43-66)53-25-29-55(30-26-53)59-37-46-68(47-38-59)73(70-50-41-52-15-13-14-16-61(52)51-70)69-48-39-60(40-49-69)56-31-27-54(28-32-56)58-35-44-67(45-36-58)72(64-21-9-3-10-22-64)65-23-11-4-12-24-65/h1-47H;1-51H. The van der Waals surface area contributed by atoms with Gasteiger partial charge < -0.3 is 28.7 Å². The quantitative estimate of drug-likeness (QED) is 0.0674. The smallest absolute Gasteiger partial charge is 0.0541 e. The Labute approximate surface area is 850 Å². The minimum Gasteiger partial charge on any atom is -0.311 e. The summed E-state index contributed by atoms with van der Waals surface area (Å²) in [6.45, 7) is 0. The molecule has 2 aromatic heterocycles. The molecule has 146 heavy (non-hydrogen) atoms. The van der Waals surface area contributed by atoms with E-state index in [-0.39, 0.29) is 0 Å². The molecule has 0 aliphatic carbocycles. The fraction of sp³-hybridized carbons (Fsp3) is 0. The number of aromatic nitrogens is 2. The highest BCUT2D eigenvalue weighted by molar-refractivity contribution is 6.12. The van der Waals surface area contributed by atoms with Crippen LogP contribution in [0.25, 0.3) is 166 Å². The number of rotatable bonds is 22. The van der Waals surface area contributed by atoms with Crippen LogP contribution >= 0.6 is 0 Å². The van der Waals surface area contributed by atoms with Gasteiger partial charge in [-0.2, -0.15) is 0 Å². The van der Waals surface area contributed by atoms with Crippen molar-refractivity contribution in [1.82, 2.24) is 9.13 Å². The van der Waals surface area contributed by atoms with E-state index in [0.29, 0.717) is 0 Å². The van der Waals surface area contributed by atoms with Crippen LogP contribution in [0.4, 0.5) is 68.2 Å². The zero-order valence-electron chi connectivity index (χ0n) is 80.3. The maximum absolute atomic E-state index is 2.37. The van der Waals surface area contributed by atoms with E-state index < -0.39 is 0 Å². The van der Waals surface area contributed by atoms with Crippen LogP contribution in [0.3, 0.4) is 0 Å². The molecule has 0 radical (unpaired) electrons. The number of para-hydroxylation sites is 8. The molecular formula is C140H98N6. The predicted molar refractivity (Wildman–Crippen MR) is 619 cm³/mol. The number of anilines is 12. The average Bonchev–Trinajstić information content (AvgIpc) is 1.59. The summed E-state index contributed by atoms with van der Waals surface area (Å²) in [5, 5.41) is 9.89. The predicted octanol–water partition coefficient (Wildman–Crippen LogP) is 39.1. The van der Waals surface area contributed by atoms with E-state index >= 15 is 0 Å². The van der Waals surface area contributed by atoms with Crippen LogP contribution in [-0.2, 0) is 0 Å². The van der Waals surface area contributed by atoms with Gasteiger partial charge in [0.15, 0.2) is 0 Å². The Bertz CT molecular complexity index is 8570. The third kappa shape index (κ3) is 17.6. The van der Waals surface area contributed by atoms with Crippen LogP contribution < -0.4 is 19.6 Å². The molecule has 0 aliphatic rings. The summed E-state index contributed by atoms with van der Waals surface area (Å²) in [7, 11) is 0. The van der Waals surface area contributed by atoms with Crippen molar-refractivity contribution in [3.05, 3.63) is 595 Å². The van der Waals surface area contributed by atoms with Gasteiger partial charge in [-0.05, 0) is 317 Å². The molecule has 6 heteroatoms. The number of nitrogens with zero attached hydrogens (tertiary/aromatic N) is 6. The van der Waals surface area contributed by atoms with Crippen molar-refractivity contribution in [2.75, 3.05) is 19.6 Å². The second kappa shape index (κ2) is 39.4. The van der Waals surface area contributed by atoms with Crippen LogP contribution in [0, 0.1) is 0 Å². The summed E-state index contributed by atoms with van der Waals surface area (Å²) in [4.78, 5) is 9.30. The summed E-state index contributed by atoms with van der Waals surface area (Å²) in [5.74, 6) is 0. The molecule has 688 valence electrons. The third-order valence-corrected chi connectivity index (χ3v) is 28.4. The van der Waals surface area contributed by atoms with Crippen molar-refractivity contribution < 1.29 is 0 Å². The van der Waals surface area contributed by atoms with Crippen molar-refractivity contribution in [1.29, 1.82) is 0 Å². The van der Waals surface area contributed by atoms with E-state index in [1.165, 1.54) is 166 Å². The van der Waals surface area contributed by atoms with Gasteiger partial charge in [0.1, 0.15) is 0 Å². The summed E-state index contributed by atoms with van der Waals surface area (Å²) in [5.41, 5.74) is 39.4. The Hall–Kier alpha value is -19.4. The lowest BCUT2D eigenvalue weighted by molar-refractivity contribution is 1.18. The molecule has 26 rings (SSSR count). The normalized spacial score (nSPS) is 11.3. The van der Waals surface area contributed by atoms with Crippen molar-refractivity contribution in [2.45, 2.75) is 0 Å². The summed E-state index contributed by atoms with van der Waals surface area (Å²) in [6, 6.07) is 215. The highest BCUT2D eigenvalue weighted by Crippen LogP contribution is 2.46. The highest BCUT2D eigenvalue weighted by atomic mass is 15.2. The van der Waals surface area contributed by atoms with Crippen molar-refractivity contribution in [3.8, 4) is 100 Å². The Morgan fingerprint density at radius 2 is 0.274 bits per heavy atom. The maximum Gasteiger partial charge on any atom is 0.0541 e. The highest BCUT2D eigenvalue weighted by Gasteiger charge is 2.23. The van der Waals surface area contributed by atoms with Crippen LogP contribution in [0.5, 0.6) is 0 Å². The molecule has 0 aliphatic heterocycles. The van der Waals surface area contributed by atoms with Gasteiger partial charge in [-0.25, -0.2) is 0 Å². The Balaban J connectivity index is 0.000000152. The molecule has 0 saturated heterocycles. The van der Waals surface area contributed by atoms with Gasteiger partial charge in [-0.3, -0.25) is 0 Å². The molecule has 0 unspecified atom stereocenters. The number of hydrogen-bond donors (Lipinski definition) is 0. The fourth-order valence-electron chi connectivity index (χ4n) is 21.0. The van der Waals surface area contributed by atoms with Crippen LogP contribution in [0.2, 0.25) is 0 Å². The van der Waals surface area contributed by atoms with E-state index in [1.807, 2.05) is 0 Å². The molecule has 0 atom stereocenters. The van der Waals surface area contributed by atoms with E-state index in [9.17, 15) is 0 Å². The van der Waals surface area contributed by atoms with E-state index in [4.69, 9.17) is 0 Å². The van der Waals surface area contributed by atoms with E-state index in [2.05, 4.69) is 623 Å². The second-order valence-electron chi connectivity index (χ2n) is 37.2. The molecule has 0 spiro atoms. The summed E-state index contributed by atoms with van der Waals surface area (Å²) >= 11 is 0. The van der Waals surface area contributed by atoms with Gasteiger partial charge in [0.2, 0.25) is 0 Å². The number of benzene rings is 24. The Kier molecular flexibility index (Phi) is 23.7. The zero-order chi connectivity index (χ0) is 97.0. The molecule has 0 bridgehead atoms. The summed E-state index contributed by atoms with van der Waals surface area (Å²) in [6.07, 6.45) is 0. The number of hydrogen-bond acceptors (Lipinski definition) is 4. The van der Waals surface area contributed by atoms with Gasteiger partial charge in [0, 0.05) is 101 Å². The molecule has 26 aromatic rings. The zero-order valence-corrected chi connectivity index (χ0v) is 80.3. The second-order valence-corrected chi connectivity index (χ2v) is 37.2. The lowest BCUT2D eigenvalue weighted by Crippen LogP contribution is -2.09. The van der Waals surface area contributed by atoms with Crippen LogP contribution in [-0.4, -0.2) is 9.13 Å². The maximum atomic E-state index is 2.37. The van der Waals surface area contributed by atoms with Crippen molar-refractivity contribution in [3.63, 3.8) is 0 Å². The van der Waals surface area contributed by atoms with Crippen molar-refractivity contribution >= 4 is 133 Å². The SMILES string of the molecule is c1ccc(-n2c3ccccc3c3cc(-c4ccc(-c5ccc(N(c6ccc(-c7ccc(-c8ccc9c(c8)c8ccccc8n9-c8ccccc8)cc7)cc6)c6ccc7ccccc7c6)cc5)cc4)ccc32)cc1.c1ccc(N(c2ccccc2)c2ccc(-c3ccc(-c4ccc(N(c5ccc(-c6ccc(-c7ccc(N(c8ccccc8)c8ccccc8)cc7)cc6)cc5)c5ccc6ccccc6c5)cc4)cc3)cc2)cc1. The number of fused-ring (bicyclic) bond motifs is 8. The first kappa shape index (κ1) is 88.1. The first-order valence-electron chi connectivity index (χ1n) is 50.0. The molecule has 6 nitrogen and oxygen atoms in total. The first-order chi connectivity index (χ1) is 72.4. The Morgan fingerprint density at radius 1 is 0.103 bits per heavy atom. The van der Waals surface area contributed by atoms with Gasteiger partial charge in [0.05, 0.1) is 22.1 Å². The molecule has 24 aromatic carbocycles. The molecule has 0 saturated carbocycles.